The van der Waals surface area contributed by atoms with Gasteiger partial charge in [0.05, 0.1) is 0 Å². The Labute approximate surface area is 150 Å². The molecule has 7 nitrogen and oxygen atoms in total. The molecule has 0 spiro atoms. The van der Waals surface area contributed by atoms with E-state index in [2.05, 4.69) is 20.8 Å². The van der Waals surface area contributed by atoms with Crippen LogP contribution in [0.3, 0.4) is 0 Å². The van der Waals surface area contributed by atoms with Crippen LogP contribution in [0, 0.1) is 10.7 Å². The molecule has 1 fully saturated rings. The largest absolute Gasteiger partial charge is 0.326 e. The second kappa shape index (κ2) is 7.60. The van der Waals surface area contributed by atoms with Crippen LogP contribution in [0.25, 0.3) is 0 Å². The van der Waals surface area contributed by atoms with Gasteiger partial charge >= 0.3 is 0 Å². The summed E-state index contributed by atoms with van der Waals surface area (Å²) in [5, 5.41) is 12.6. The smallest absolute Gasteiger partial charge is 0.244 e. The average molecular weight is 359 g/mol. The fraction of sp³-hybridized carbons (Fsp3) is 0.412. The summed E-state index contributed by atoms with van der Waals surface area (Å²) < 4.78 is 2.14. The Morgan fingerprint density at radius 2 is 2.04 bits per heavy atom. The van der Waals surface area contributed by atoms with Crippen LogP contribution in [0.2, 0.25) is 0 Å². The predicted molar refractivity (Wildman–Crippen MR) is 97.8 cm³/mol. The molecule has 1 heterocycles. The summed E-state index contributed by atoms with van der Waals surface area (Å²) in [7, 11) is 0. The van der Waals surface area contributed by atoms with Crippen molar-refractivity contribution in [2.45, 2.75) is 39.2 Å². The van der Waals surface area contributed by atoms with Crippen LogP contribution in [0.1, 0.15) is 32.0 Å². The van der Waals surface area contributed by atoms with Crippen molar-refractivity contribution in [1.29, 1.82) is 0 Å². The van der Waals surface area contributed by atoms with E-state index in [0.29, 0.717) is 16.1 Å². The van der Waals surface area contributed by atoms with Crippen molar-refractivity contribution in [3.63, 3.8) is 0 Å². The molecule has 0 aliphatic heterocycles. The number of nitrogens with zero attached hydrogens (tertiary/aromatic N) is 2. The second-order valence-electron chi connectivity index (χ2n) is 6.17. The molecule has 1 saturated carbocycles. The molecule has 132 valence electrons. The molecule has 25 heavy (non-hydrogen) atoms. The number of amides is 2. The lowest BCUT2D eigenvalue weighted by molar-refractivity contribution is -0.117. The third kappa shape index (κ3) is 4.54. The number of anilines is 2. The van der Waals surface area contributed by atoms with Crippen LogP contribution < -0.4 is 10.6 Å². The van der Waals surface area contributed by atoms with E-state index in [0.717, 1.165) is 31.5 Å². The fourth-order valence-corrected chi connectivity index (χ4v) is 2.75. The number of hydrogen-bond acceptors (Lipinski definition) is 4. The number of hydrogen-bond donors (Lipinski definition) is 3. The Hall–Kier alpha value is -2.48. The monoisotopic (exact) mass is 359 g/mol. The summed E-state index contributed by atoms with van der Waals surface area (Å²) in [4.78, 5) is 24.2. The SMILES string of the molecule is CCCc1n[nH]c(=S)n1CC(=O)Nc1cccc(NC(=O)C2CC2)c1. The summed E-state index contributed by atoms with van der Waals surface area (Å²) >= 11 is 5.19. The van der Waals surface area contributed by atoms with Crippen molar-refractivity contribution in [3.05, 3.63) is 34.9 Å². The molecule has 1 aromatic carbocycles. The Balaban J connectivity index is 1.64. The van der Waals surface area contributed by atoms with Crippen LogP contribution >= 0.6 is 12.2 Å². The van der Waals surface area contributed by atoms with Crippen molar-refractivity contribution < 1.29 is 9.59 Å². The Morgan fingerprint density at radius 3 is 2.72 bits per heavy atom. The molecule has 3 N–H and O–H groups in total. The first kappa shape index (κ1) is 17.3. The molecule has 1 aliphatic carbocycles. The van der Waals surface area contributed by atoms with Gasteiger partial charge in [-0.2, -0.15) is 5.10 Å². The normalized spacial score (nSPS) is 13.5. The van der Waals surface area contributed by atoms with E-state index in [4.69, 9.17) is 12.2 Å². The van der Waals surface area contributed by atoms with Gasteiger partial charge in [0, 0.05) is 23.7 Å². The third-order valence-electron chi connectivity index (χ3n) is 3.97. The first-order chi connectivity index (χ1) is 12.1. The van der Waals surface area contributed by atoms with E-state index < -0.39 is 0 Å². The van der Waals surface area contributed by atoms with Gasteiger partial charge in [0.1, 0.15) is 12.4 Å². The molecule has 0 atom stereocenters. The summed E-state index contributed by atoms with van der Waals surface area (Å²) in [6, 6.07) is 7.14. The highest BCUT2D eigenvalue weighted by Crippen LogP contribution is 2.30. The first-order valence-corrected chi connectivity index (χ1v) is 8.82. The lowest BCUT2D eigenvalue weighted by atomic mass is 10.2. The third-order valence-corrected chi connectivity index (χ3v) is 4.29. The van der Waals surface area contributed by atoms with Gasteiger partial charge < -0.3 is 10.6 Å². The zero-order chi connectivity index (χ0) is 17.8. The number of nitrogens with one attached hydrogen (secondary N) is 3. The highest BCUT2D eigenvalue weighted by atomic mass is 32.1. The lowest BCUT2D eigenvalue weighted by Gasteiger charge is -2.10. The predicted octanol–water partition coefficient (Wildman–Crippen LogP) is 2.88. The van der Waals surface area contributed by atoms with Crippen molar-refractivity contribution in [3.8, 4) is 0 Å². The Morgan fingerprint density at radius 1 is 1.32 bits per heavy atom. The summed E-state index contributed by atoms with van der Waals surface area (Å²) in [6.45, 7) is 2.15. The zero-order valence-corrected chi connectivity index (χ0v) is 14.9. The average Bonchev–Trinajstić information content (AvgIpc) is 3.37. The molecule has 8 heteroatoms. The van der Waals surface area contributed by atoms with E-state index in [1.807, 2.05) is 13.0 Å². The summed E-state index contributed by atoms with van der Waals surface area (Å²) in [5.74, 6) is 0.754. The maximum Gasteiger partial charge on any atom is 0.244 e. The van der Waals surface area contributed by atoms with Crippen LogP contribution in [0.5, 0.6) is 0 Å². The number of benzene rings is 1. The minimum atomic E-state index is -0.194. The minimum absolute atomic E-state index is 0.0392. The van der Waals surface area contributed by atoms with Gasteiger partial charge in [0.25, 0.3) is 0 Å². The van der Waals surface area contributed by atoms with Crippen LogP contribution in [-0.4, -0.2) is 26.6 Å². The van der Waals surface area contributed by atoms with Gasteiger partial charge in [0.2, 0.25) is 11.8 Å². The number of carbonyl (C=O) groups excluding carboxylic acids is 2. The fourth-order valence-electron chi connectivity index (χ4n) is 2.54. The van der Waals surface area contributed by atoms with Gasteiger partial charge in [-0.3, -0.25) is 19.3 Å². The van der Waals surface area contributed by atoms with Crippen molar-refractivity contribution >= 4 is 35.4 Å². The zero-order valence-electron chi connectivity index (χ0n) is 14.0. The molecular weight excluding hydrogens is 338 g/mol. The van der Waals surface area contributed by atoms with Gasteiger partial charge in [-0.15, -0.1) is 0 Å². The van der Waals surface area contributed by atoms with Crippen molar-refractivity contribution in [1.82, 2.24) is 14.8 Å². The van der Waals surface area contributed by atoms with Gasteiger partial charge in [-0.1, -0.05) is 13.0 Å². The minimum Gasteiger partial charge on any atom is -0.326 e. The molecule has 0 saturated heterocycles. The first-order valence-electron chi connectivity index (χ1n) is 8.41. The van der Waals surface area contributed by atoms with Crippen LogP contribution in [0.15, 0.2) is 24.3 Å². The van der Waals surface area contributed by atoms with E-state index in [-0.39, 0.29) is 24.3 Å². The van der Waals surface area contributed by atoms with E-state index in [1.54, 1.807) is 22.8 Å². The highest BCUT2D eigenvalue weighted by Gasteiger charge is 2.29. The number of rotatable bonds is 7. The van der Waals surface area contributed by atoms with Crippen molar-refractivity contribution in [2.75, 3.05) is 10.6 Å². The topological polar surface area (TPSA) is 91.8 Å². The molecular formula is C17H21N5O2S. The van der Waals surface area contributed by atoms with Crippen LogP contribution in [-0.2, 0) is 22.6 Å². The number of H-pyrrole nitrogens is 1. The molecule has 0 unspecified atom stereocenters. The Kier molecular flexibility index (Phi) is 5.28. The number of aryl methyl sites for hydroxylation is 1. The van der Waals surface area contributed by atoms with E-state index in [1.165, 1.54) is 0 Å². The maximum absolute atomic E-state index is 12.3. The molecule has 3 rings (SSSR count). The van der Waals surface area contributed by atoms with E-state index in [9.17, 15) is 9.59 Å². The molecule has 2 aromatic rings. The highest BCUT2D eigenvalue weighted by molar-refractivity contribution is 7.71. The second-order valence-corrected chi connectivity index (χ2v) is 6.56. The summed E-state index contributed by atoms with van der Waals surface area (Å²) in [6.07, 6.45) is 3.58. The molecule has 1 aromatic heterocycles. The quantitative estimate of drug-likeness (QED) is 0.663. The maximum atomic E-state index is 12.3. The molecule has 2 amide bonds. The standard InChI is InChI=1S/C17H21N5O2S/c1-2-4-14-20-21-17(25)22(14)10-15(23)18-12-5-3-6-13(9-12)19-16(24)11-7-8-11/h3,5-6,9,11H,2,4,7-8,10H2,1H3,(H,18,23)(H,19,24)(H,21,25). The van der Waals surface area contributed by atoms with E-state index >= 15 is 0 Å². The van der Waals surface area contributed by atoms with Gasteiger partial charge in [-0.25, -0.2) is 0 Å². The van der Waals surface area contributed by atoms with Crippen LogP contribution in [0.4, 0.5) is 11.4 Å². The Bertz CT molecular complexity index is 838. The van der Waals surface area contributed by atoms with Gasteiger partial charge in [0.15, 0.2) is 4.77 Å². The molecule has 1 aliphatic rings. The number of carbonyl (C=O) groups is 2. The number of aromatic amines is 1. The molecule has 0 radical (unpaired) electrons. The van der Waals surface area contributed by atoms with Gasteiger partial charge in [-0.05, 0) is 49.7 Å². The molecule has 0 bridgehead atoms. The lowest BCUT2D eigenvalue weighted by Crippen LogP contribution is -2.20. The van der Waals surface area contributed by atoms with Crippen molar-refractivity contribution in [2.24, 2.45) is 5.92 Å². The number of aromatic nitrogens is 3. The summed E-state index contributed by atoms with van der Waals surface area (Å²) in [5.41, 5.74) is 1.31.